The van der Waals surface area contributed by atoms with Crippen LogP contribution in [-0.2, 0) is 0 Å². The van der Waals surface area contributed by atoms with Gasteiger partial charge in [0.15, 0.2) is 0 Å². The van der Waals surface area contributed by atoms with Crippen molar-refractivity contribution in [1.82, 2.24) is 9.97 Å². The minimum Gasteiger partial charge on any atom is -0.210 e. The van der Waals surface area contributed by atoms with E-state index in [1.165, 1.54) is 9.09 Å². The monoisotopic (exact) mass is 298 g/mol. The molecule has 6 heteroatoms. The van der Waals surface area contributed by atoms with Crippen LogP contribution < -0.4 is 0 Å². The first-order valence-corrected chi connectivity index (χ1v) is 7.76. The van der Waals surface area contributed by atoms with Crippen molar-refractivity contribution in [1.29, 1.82) is 0 Å². The molecule has 0 fully saturated rings. The second kappa shape index (κ2) is 4.57. The summed E-state index contributed by atoms with van der Waals surface area (Å²) in [4.78, 5) is 10.8. The SMILES string of the molecule is Cc1cc2c(Sc3cccs3)nc(Cl)nc2s1. The Morgan fingerprint density at radius 3 is 3.00 bits per heavy atom. The number of halogens is 1. The summed E-state index contributed by atoms with van der Waals surface area (Å²) in [6.07, 6.45) is 0. The molecule has 0 unspecified atom stereocenters. The van der Waals surface area contributed by atoms with Crippen LogP contribution in [0.4, 0.5) is 0 Å². The molecule has 3 aromatic rings. The average Bonchev–Trinajstić information content (AvgIpc) is 2.86. The van der Waals surface area contributed by atoms with Gasteiger partial charge >= 0.3 is 0 Å². The molecule has 3 aromatic heterocycles. The van der Waals surface area contributed by atoms with Gasteiger partial charge in [0.2, 0.25) is 5.28 Å². The Morgan fingerprint density at radius 2 is 2.24 bits per heavy atom. The van der Waals surface area contributed by atoms with Gasteiger partial charge in [-0.1, -0.05) is 17.8 Å². The highest BCUT2D eigenvalue weighted by atomic mass is 35.5. The first-order chi connectivity index (χ1) is 8.22. The molecule has 0 aliphatic carbocycles. The number of nitrogens with zero attached hydrogens (tertiary/aromatic N) is 2. The third-order valence-corrected chi connectivity index (χ3v) is 5.30. The lowest BCUT2D eigenvalue weighted by Crippen LogP contribution is -1.85. The van der Waals surface area contributed by atoms with Crippen LogP contribution in [0.25, 0.3) is 10.2 Å². The van der Waals surface area contributed by atoms with Gasteiger partial charge in [-0.3, -0.25) is 0 Å². The summed E-state index contributed by atoms with van der Waals surface area (Å²) in [5, 5.41) is 4.40. The highest BCUT2D eigenvalue weighted by Crippen LogP contribution is 2.37. The van der Waals surface area contributed by atoms with Crippen molar-refractivity contribution in [2.24, 2.45) is 0 Å². The van der Waals surface area contributed by atoms with Crippen molar-refractivity contribution >= 4 is 56.3 Å². The predicted octanol–water partition coefficient (Wildman–Crippen LogP) is 4.87. The topological polar surface area (TPSA) is 25.8 Å². The highest BCUT2D eigenvalue weighted by Gasteiger charge is 2.11. The van der Waals surface area contributed by atoms with Crippen LogP contribution in [0.5, 0.6) is 0 Å². The second-order valence-corrected chi connectivity index (χ2v) is 7.22. The number of aryl methyl sites for hydroxylation is 1. The molecule has 0 aliphatic heterocycles. The van der Waals surface area contributed by atoms with Gasteiger partial charge in [-0.05, 0) is 36.0 Å². The van der Waals surface area contributed by atoms with E-state index in [0.29, 0.717) is 5.28 Å². The summed E-state index contributed by atoms with van der Waals surface area (Å²) in [5.74, 6) is 0. The van der Waals surface area contributed by atoms with Crippen molar-refractivity contribution in [3.63, 3.8) is 0 Å². The minimum absolute atomic E-state index is 0.318. The van der Waals surface area contributed by atoms with E-state index >= 15 is 0 Å². The Kier molecular flexibility index (Phi) is 3.08. The molecule has 0 atom stereocenters. The number of hydrogen-bond donors (Lipinski definition) is 0. The first-order valence-electron chi connectivity index (χ1n) is 4.87. The average molecular weight is 299 g/mol. The second-order valence-electron chi connectivity index (χ2n) is 3.41. The molecule has 0 amide bonds. The van der Waals surface area contributed by atoms with Crippen LogP contribution in [0.3, 0.4) is 0 Å². The zero-order valence-electron chi connectivity index (χ0n) is 8.81. The molecule has 3 rings (SSSR count). The van der Waals surface area contributed by atoms with Crippen LogP contribution in [0.1, 0.15) is 4.88 Å². The molecule has 3 heterocycles. The van der Waals surface area contributed by atoms with Crippen molar-refractivity contribution in [2.75, 3.05) is 0 Å². The zero-order valence-corrected chi connectivity index (χ0v) is 12.0. The maximum atomic E-state index is 5.95. The van der Waals surface area contributed by atoms with Crippen LogP contribution in [0, 0.1) is 6.92 Å². The molecule has 17 heavy (non-hydrogen) atoms. The Bertz CT molecular complexity index is 661. The molecule has 86 valence electrons. The third kappa shape index (κ3) is 2.33. The largest absolute Gasteiger partial charge is 0.224 e. The fourth-order valence-corrected chi connectivity index (χ4v) is 4.48. The summed E-state index contributed by atoms with van der Waals surface area (Å²) >= 11 is 10.9. The molecule has 0 saturated heterocycles. The zero-order chi connectivity index (χ0) is 11.8. The van der Waals surface area contributed by atoms with Crippen LogP contribution >= 0.6 is 46.0 Å². The summed E-state index contributed by atoms with van der Waals surface area (Å²) in [6.45, 7) is 2.07. The predicted molar refractivity (Wildman–Crippen MR) is 75.6 cm³/mol. The van der Waals surface area contributed by atoms with Crippen molar-refractivity contribution in [2.45, 2.75) is 16.2 Å². The van der Waals surface area contributed by atoms with Crippen molar-refractivity contribution in [3.8, 4) is 0 Å². The Balaban J connectivity index is 2.14. The summed E-state index contributed by atoms with van der Waals surface area (Å²) in [6, 6.07) is 6.23. The number of hydrogen-bond acceptors (Lipinski definition) is 5. The fourth-order valence-electron chi connectivity index (χ4n) is 1.49. The normalized spacial score (nSPS) is 11.2. The summed E-state index contributed by atoms with van der Waals surface area (Å²) in [5.41, 5.74) is 0. The smallest absolute Gasteiger partial charge is 0.210 e. The van der Waals surface area contributed by atoms with Gasteiger partial charge < -0.3 is 0 Å². The van der Waals surface area contributed by atoms with Crippen LogP contribution in [0.2, 0.25) is 5.28 Å². The van der Waals surface area contributed by atoms with Gasteiger partial charge in [-0.2, -0.15) is 0 Å². The Morgan fingerprint density at radius 1 is 1.35 bits per heavy atom. The van der Waals surface area contributed by atoms with E-state index in [0.717, 1.165) is 15.2 Å². The molecule has 0 aliphatic rings. The van der Waals surface area contributed by atoms with Crippen molar-refractivity contribution < 1.29 is 0 Å². The van der Waals surface area contributed by atoms with Gasteiger partial charge in [-0.25, -0.2) is 9.97 Å². The quantitative estimate of drug-likeness (QED) is 0.499. The van der Waals surface area contributed by atoms with E-state index in [1.54, 1.807) is 34.4 Å². The molecule has 2 nitrogen and oxygen atoms in total. The third-order valence-electron chi connectivity index (χ3n) is 2.15. The van der Waals surface area contributed by atoms with Crippen LogP contribution in [-0.4, -0.2) is 9.97 Å². The maximum Gasteiger partial charge on any atom is 0.224 e. The molecular weight excluding hydrogens is 292 g/mol. The number of rotatable bonds is 2. The summed E-state index contributed by atoms with van der Waals surface area (Å²) < 4.78 is 1.21. The summed E-state index contributed by atoms with van der Waals surface area (Å²) in [7, 11) is 0. The van der Waals surface area contributed by atoms with E-state index in [1.807, 2.05) is 6.07 Å². The molecule has 0 saturated carbocycles. The number of thiophene rings is 2. The van der Waals surface area contributed by atoms with Crippen LogP contribution in [0.15, 0.2) is 32.8 Å². The lowest BCUT2D eigenvalue weighted by molar-refractivity contribution is 1.11. The molecule has 0 bridgehead atoms. The van der Waals surface area contributed by atoms with E-state index in [2.05, 4.69) is 34.4 Å². The van der Waals surface area contributed by atoms with Gasteiger partial charge in [0.05, 0.1) is 4.21 Å². The van der Waals surface area contributed by atoms with E-state index in [-0.39, 0.29) is 0 Å². The van der Waals surface area contributed by atoms with Crippen molar-refractivity contribution in [3.05, 3.63) is 33.7 Å². The first kappa shape index (κ1) is 11.5. The Hall–Kier alpha value is -0.620. The van der Waals surface area contributed by atoms with Gasteiger partial charge in [-0.15, -0.1) is 22.7 Å². The standard InChI is InChI=1S/C11H7ClN2S3/c1-6-5-7-9(16-6)13-11(12)14-10(7)17-8-3-2-4-15-8/h2-5H,1H3. The van der Waals surface area contributed by atoms with Gasteiger partial charge in [0, 0.05) is 10.3 Å². The molecule has 0 radical (unpaired) electrons. The Labute approximate surface area is 116 Å². The lowest BCUT2D eigenvalue weighted by atomic mass is 10.4. The fraction of sp³-hybridized carbons (Fsp3) is 0.0909. The van der Waals surface area contributed by atoms with Gasteiger partial charge in [0.25, 0.3) is 0 Å². The lowest BCUT2D eigenvalue weighted by Gasteiger charge is -2.00. The van der Waals surface area contributed by atoms with E-state index < -0.39 is 0 Å². The highest BCUT2D eigenvalue weighted by molar-refractivity contribution is 8.01. The minimum atomic E-state index is 0.318. The number of fused-ring (bicyclic) bond motifs is 1. The molecule has 0 N–H and O–H groups in total. The molecule has 0 spiro atoms. The molecule has 0 aromatic carbocycles. The maximum absolute atomic E-state index is 5.95. The van der Waals surface area contributed by atoms with E-state index in [4.69, 9.17) is 11.6 Å². The molecular formula is C11H7ClN2S3. The van der Waals surface area contributed by atoms with Gasteiger partial charge in [0.1, 0.15) is 9.86 Å². The number of aromatic nitrogens is 2. The van der Waals surface area contributed by atoms with E-state index in [9.17, 15) is 0 Å².